The number of amides is 4. The summed E-state index contributed by atoms with van der Waals surface area (Å²) in [6.45, 7) is 2.26. The van der Waals surface area contributed by atoms with Crippen LogP contribution in [-0.4, -0.2) is 99.1 Å². The van der Waals surface area contributed by atoms with Crippen molar-refractivity contribution in [2.75, 3.05) is 20.2 Å². The number of fused-ring (bicyclic) bond motifs is 5. The lowest BCUT2D eigenvalue weighted by atomic mass is 10.0. The monoisotopic (exact) mass is 652 g/mol. The number of ether oxygens (including phenoxy) is 1. The Morgan fingerprint density at radius 3 is 2.59 bits per heavy atom. The van der Waals surface area contributed by atoms with E-state index in [4.69, 9.17) is 16.3 Å². The second kappa shape index (κ2) is 14.7. The summed E-state index contributed by atoms with van der Waals surface area (Å²) in [4.78, 5) is 55.4. The molecule has 3 aromatic rings. The summed E-state index contributed by atoms with van der Waals surface area (Å²) in [5, 5.41) is 30.2. The number of carbonyl (C=O) groups excluding carboxylic acids is 4. The molecule has 1 aromatic heterocycles. The van der Waals surface area contributed by atoms with E-state index in [0.717, 1.165) is 5.56 Å². The van der Waals surface area contributed by atoms with Gasteiger partial charge in [-0.2, -0.15) is 0 Å². The number of carbonyl (C=O) groups is 4. The van der Waals surface area contributed by atoms with Gasteiger partial charge in [-0.05, 0) is 44.2 Å². The Kier molecular flexibility index (Phi) is 10.5. The number of rotatable bonds is 3. The molecule has 14 nitrogen and oxygen atoms in total. The van der Waals surface area contributed by atoms with Crippen LogP contribution in [-0.2, 0) is 33.9 Å². The zero-order valence-corrected chi connectivity index (χ0v) is 26.2. The molecule has 2 aliphatic rings. The third-order valence-electron chi connectivity index (χ3n) is 7.96. The molecule has 15 heteroatoms. The lowest BCUT2D eigenvalue weighted by molar-refractivity contribution is -0.135. The number of halogens is 1. The lowest BCUT2D eigenvalue weighted by Crippen LogP contribution is -2.59. The Hall–Kier alpha value is -4.53. The van der Waals surface area contributed by atoms with Crippen molar-refractivity contribution >= 4 is 35.2 Å². The van der Waals surface area contributed by atoms with E-state index in [9.17, 15) is 24.3 Å². The van der Waals surface area contributed by atoms with Crippen LogP contribution in [0.5, 0.6) is 5.75 Å². The van der Waals surface area contributed by atoms with Crippen molar-refractivity contribution in [3.8, 4) is 5.75 Å². The Bertz CT molecular complexity index is 1570. The Balaban J connectivity index is 1.41. The molecule has 5 atom stereocenters. The first-order valence-corrected chi connectivity index (χ1v) is 15.4. The van der Waals surface area contributed by atoms with Crippen LogP contribution < -0.4 is 26.0 Å². The Labute approximate surface area is 270 Å². The van der Waals surface area contributed by atoms with Crippen LogP contribution in [0, 0.1) is 0 Å². The SMILES string of the molecule is C[C@@H](O)[C@@H]1NC(=O)[C@@H]2C[C@@H](CN2C)NC(=O)c2cc(Cl)ccc2OCCn2cc(nn2)CNC(=O)[C@H](Cc2ccccc2)NC1=O. The van der Waals surface area contributed by atoms with Crippen molar-refractivity contribution in [2.45, 2.75) is 63.1 Å². The van der Waals surface area contributed by atoms with E-state index in [-0.39, 0.29) is 31.6 Å². The minimum absolute atomic E-state index is 0.0358. The van der Waals surface area contributed by atoms with E-state index < -0.39 is 53.9 Å². The summed E-state index contributed by atoms with van der Waals surface area (Å²) >= 11 is 6.20. The van der Waals surface area contributed by atoms with Gasteiger partial charge in [-0.15, -0.1) is 5.10 Å². The Morgan fingerprint density at radius 1 is 1.04 bits per heavy atom. The predicted octanol–water partition coefficient (Wildman–Crippen LogP) is 0.0359. The van der Waals surface area contributed by atoms with Gasteiger partial charge in [0.1, 0.15) is 30.1 Å². The Morgan fingerprint density at radius 2 is 1.83 bits per heavy atom. The second-order valence-corrected chi connectivity index (χ2v) is 12.0. The maximum atomic E-state index is 13.5. The van der Waals surface area contributed by atoms with E-state index in [0.29, 0.717) is 29.6 Å². The van der Waals surface area contributed by atoms with Crippen molar-refractivity contribution < 1.29 is 29.0 Å². The van der Waals surface area contributed by atoms with Gasteiger partial charge < -0.3 is 31.1 Å². The van der Waals surface area contributed by atoms with Crippen LogP contribution in [0.4, 0.5) is 0 Å². The van der Waals surface area contributed by atoms with Crippen LogP contribution in [0.15, 0.2) is 54.7 Å². The average molecular weight is 653 g/mol. The van der Waals surface area contributed by atoms with Crippen molar-refractivity contribution in [1.29, 1.82) is 0 Å². The van der Waals surface area contributed by atoms with Gasteiger partial charge in [-0.25, -0.2) is 4.68 Å². The van der Waals surface area contributed by atoms with E-state index >= 15 is 0 Å². The fourth-order valence-electron chi connectivity index (χ4n) is 5.53. The molecule has 4 bridgehead atoms. The number of aromatic nitrogens is 3. The number of nitrogens with one attached hydrogen (secondary N) is 4. The molecule has 0 aliphatic carbocycles. The van der Waals surface area contributed by atoms with Crippen LogP contribution >= 0.6 is 11.6 Å². The molecule has 3 heterocycles. The fourth-order valence-corrected chi connectivity index (χ4v) is 5.71. The van der Waals surface area contributed by atoms with Gasteiger partial charge in [0.2, 0.25) is 17.7 Å². The highest BCUT2D eigenvalue weighted by atomic mass is 35.5. The summed E-state index contributed by atoms with van der Waals surface area (Å²) in [5.41, 5.74) is 1.51. The van der Waals surface area contributed by atoms with Crippen LogP contribution in [0.2, 0.25) is 5.02 Å². The zero-order valence-electron chi connectivity index (χ0n) is 25.5. The minimum atomic E-state index is -1.34. The van der Waals surface area contributed by atoms with Gasteiger partial charge >= 0.3 is 0 Å². The van der Waals surface area contributed by atoms with Gasteiger partial charge in [-0.1, -0.05) is 47.1 Å². The third kappa shape index (κ3) is 8.19. The fraction of sp³-hybridized carbons (Fsp3) is 0.419. The summed E-state index contributed by atoms with van der Waals surface area (Å²) in [6.07, 6.45) is 0.810. The first-order chi connectivity index (χ1) is 22.1. The molecule has 4 amide bonds. The molecule has 2 aromatic carbocycles. The number of nitrogens with zero attached hydrogens (tertiary/aromatic N) is 4. The van der Waals surface area contributed by atoms with E-state index in [2.05, 4.69) is 31.6 Å². The second-order valence-electron chi connectivity index (χ2n) is 11.5. The zero-order chi connectivity index (χ0) is 32.8. The molecule has 5 rings (SSSR count). The normalized spacial score (nSPS) is 24.2. The maximum absolute atomic E-state index is 13.5. The van der Waals surface area contributed by atoms with E-state index in [1.165, 1.54) is 13.0 Å². The molecule has 0 spiro atoms. The van der Waals surface area contributed by atoms with Gasteiger partial charge in [-0.3, -0.25) is 24.1 Å². The molecule has 46 heavy (non-hydrogen) atoms. The highest BCUT2D eigenvalue weighted by Gasteiger charge is 2.38. The first-order valence-electron chi connectivity index (χ1n) is 15.0. The smallest absolute Gasteiger partial charge is 0.255 e. The molecule has 0 saturated carbocycles. The summed E-state index contributed by atoms with van der Waals surface area (Å²) in [7, 11) is 1.74. The molecule has 0 radical (unpaired) electrons. The number of likely N-dealkylation sites (tertiary alicyclic amines) is 1. The topological polar surface area (TPSA) is 180 Å². The minimum Gasteiger partial charge on any atom is -0.491 e. The molecule has 244 valence electrons. The first kappa shape index (κ1) is 32.9. The number of benzene rings is 2. The molecular weight excluding hydrogens is 616 g/mol. The van der Waals surface area contributed by atoms with Crippen molar-refractivity contribution in [3.05, 3.63) is 76.6 Å². The summed E-state index contributed by atoms with van der Waals surface area (Å²) < 4.78 is 7.48. The van der Waals surface area contributed by atoms with Gasteiger partial charge in [0.05, 0.1) is 37.0 Å². The highest BCUT2D eigenvalue weighted by Crippen LogP contribution is 2.24. The number of aliphatic hydroxyl groups is 1. The molecule has 2 aliphatic heterocycles. The summed E-state index contributed by atoms with van der Waals surface area (Å²) in [6, 6.07) is 10.5. The quantitative estimate of drug-likeness (QED) is 0.261. The van der Waals surface area contributed by atoms with Gasteiger partial charge in [0.25, 0.3) is 5.91 Å². The standard InChI is InChI=1S/C31H37ClN8O6/c1-18(41)27-31(45)35-24(12-19-6-4-3-5-7-19)29(43)33-15-22-17-40(38-37-22)10-11-46-26-9-8-20(32)13-23(26)28(42)34-21-14-25(30(44)36-27)39(2)16-21/h3-9,13,17-18,21,24-25,27,41H,10-12,14-16H2,1-2H3,(H,33,43)(H,34,42)(H,35,45)(H,36,44)/t18-,21+,24+,25+,27+/m1/s1. The predicted molar refractivity (Wildman–Crippen MR) is 167 cm³/mol. The highest BCUT2D eigenvalue weighted by molar-refractivity contribution is 6.31. The van der Waals surface area contributed by atoms with Gasteiger partial charge in [0.15, 0.2) is 0 Å². The van der Waals surface area contributed by atoms with E-state index in [1.807, 2.05) is 30.3 Å². The van der Waals surface area contributed by atoms with Crippen LogP contribution in [0.1, 0.15) is 35.0 Å². The van der Waals surface area contributed by atoms with Crippen LogP contribution in [0.3, 0.4) is 0 Å². The lowest BCUT2D eigenvalue weighted by Gasteiger charge is -2.27. The molecule has 0 unspecified atom stereocenters. The maximum Gasteiger partial charge on any atom is 0.255 e. The van der Waals surface area contributed by atoms with Gasteiger partial charge in [0, 0.05) is 24.0 Å². The van der Waals surface area contributed by atoms with Crippen LogP contribution in [0.25, 0.3) is 0 Å². The average Bonchev–Trinajstić information content (AvgIpc) is 3.64. The molecule has 1 fully saturated rings. The van der Waals surface area contributed by atoms with Crippen molar-refractivity contribution in [1.82, 2.24) is 41.2 Å². The largest absolute Gasteiger partial charge is 0.491 e. The number of aliphatic hydroxyl groups excluding tert-OH is 1. The number of hydrogen-bond acceptors (Lipinski definition) is 9. The summed E-state index contributed by atoms with van der Waals surface area (Å²) in [5.74, 6) is -1.78. The molecular formula is C31H37ClN8O6. The van der Waals surface area contributed by atoms with E-state index in [1.54, 1.807) is 35.0 Å². The molecule has 5 N–H and O–H groups in total. The van der Waals surface area contributed by atoms with Crippen molar-refractivity contribution in [2.24, 2.45) is 0 Å². The van der Waals surface area contributed by atoms with Crippen molar-refractivity contribution in [3.63, 3.8) is 0 Å². The number of hydrogen-bond donors (Lipinski definition) is 5. The number of likely N-dealkylation sites (N-methyl/N-ethyl adjacent to an activating group) is 1. The molecule has 1 saturated heterocycles. The third-order valence-corrected chi connectivity index (χ3v) is 8.19.